The predicted molar refractivity (Wildman–Crippen MR) is 120 cm³/mol. The number of carbonyl (C=O) groups excluding carboxylic acids is 1. The van der Waals surface area contributed by atoms with Crippen molar-refractivity contribution in [1.82, 2.24) is 4.98 Å². The van der Waals surface area contributed by atoms with Gasteiger partial charge in [-0.3, -0.25) is 9.78 Å². The van der Waals surface area contributed by atoms with E-state index < -0.39 is 9.84 Å². The molecule has 0 saturated carbocycles. The third-order valence-corrected chi connectivity index (χ3v) is 6.83. The highest BCUT2D eigenvalue weighted by Crippen LogP contribution is 2.27. The highest BCUT2D eigenvalue weighted by Gasteiger charge is 2.22. The van der Waals surface area contributed by atoms with Crippen LogP contribution in [-0.4, -0.2) is 19.2 Å². The molecule has 156 valence electrons. The van der Waals surface area contributed by atoms with Crippen molar-refractivity contribution < 1.29 is 13.2 Å². The Morgan fingerprint density at radius 1 is 1.00 bits per heavy atom. The molecule has 3 rings (SSSR count). The Morgan fingerprint density at radius 2 is 1.67 bits per heavy atom. The van der Waals surface area contributed by atoms with Gasteiger partial charge in [-0.25, -0.2) is 8.42 Å². The zero-order valence-corrected chi connectivity index (χ0v) is 19.0. The van der Waals surface area contributed by atoms with Crippen LogP contribution in [-0.2, 0) is 21.0 Å². The SMILES string of the molecule is Cc1ccc(C(=O)c2cc(Cl)ccc2CS(=O)(=O)c2ccc(C(C)(C)C)cc2)cn1. The van der Waals surface area contributed by atoms with Crippen molar-refractivity contribution >= 4 is 27.2 Å². The van der Waals surface area contributed by atoms with Gasteiger partial charge in [0.1, 0.15) is 0 Å². The molecule has 0 bridgehead atoms. The first-order valence-corrected chi connectivity index (χ1v) is 11.6. The van der Waals surface area contributed by atoms with Crippen LogP contribution < -0.4 is 0 Å². The van der Waals surface area contributed by atoms with Crippen molar-refractivity contribution in [2.24, 2.45) is 0 Å². The number of halogens is 1. The molecule has 6 heteroatoms. The lowest BCUT2D eigenvalue weighted by Gasteiger charge is -2.19. The fraction of sp³-hybridized carbons (Fsp3) is 0.250. The van der Waals surface area contributed by atoms with Gasteiger partial charge in [0.15, 0.2) is 15.6 Å². The molecule has 0 N–H and O–H groups in total. The van der Waals surface area contributed by atoms with E-state index in [0.717, 1.165) is 11.3 Å². The van der Waals surface area contributed by atoms with Crippen molar-refractivity contribution in [3.8, 4) is 0 Å². The molecule has 0 spiro atoms. The summed E-state index contributed by atoms with van der Waals surface area (Å²) in [7, 11) is -3.64. The number of benzene rings is 2. The van der Waals surface area contributed by atoms with E-state index in [1.165, 1.54) is 12.3 Å². The maximum absolute atomic E-state index is 13.0. The van der Waals surface area contributed by atoms with Crippen LogP contribution in [0.4, 0.5) is 0 Å². The molecule has 0 aliphatic rings. The third kappa shape index (κ3) is 4.97. The maximum atomic E-state index is 13.0. The van der Waals surface area contributed by atoms with Crippen LogP contribution in [0.5, 0.6) is 0 Å². The number of aryl methyl sites for hydroxylation is 1. The van der Waals surface area contributed by atoms with Crippen LogP contribution in [0.3, 0.4) is 0 Å². The first-order valence-electron chi connectivity index (χ1n) is 9.56. The monoisotopic (exact) mass is 441 g/mol. The normalized spacial score (nSPS) is 12.0. The molecule has 3 aromatic rings. The minimum atomic E-state index is -3.64. The van der Waals surface area contributed by atoms with Crippen LogP contribution >= 0.6 is 11.6 Å². The number of ketones is 1. The second kappa shape index (κ2) is 8.32. The van der Waals surface area contributed by atoms with Gasteiger partial charge in [-0.05, 0) is 59.9 Å². The highest BCUT2D eigenvalue weighted by molar-refractivity contribution is 7.90. The topological polar surface area (TPSA) is 64.1 Å². The van der Waals surface area contributed by atoms with Gasteiger partial charge in [-0.15, -0.1) is 0 Å². The molecule has 30 heavy (non-hydrogen) atoms. The van der Waals surface area contributed by atoms with Gasteiger partial charge in [-0.1, -0.05) is 50.6 Å². The first kappa shape index (κ1) is 22.2. The maximum Gasteiger partial charge on any atom is 0.194 e. The van der Waals surface area contributed by atoms with Crippen LogP contribution in [0.25, 0.3) is 0 Å². The molecule has 4 nitrogen and oxygen atoms in total. The lowest BCUT2D eigenvalue weighted by Crippen LogP contribution is -2.13. The summed E-state index contributed by atoms with van der Waals surface area (Å²) in [4.78, 5) is 17.4. The largest absolute Gasteiger partial charge is 0.289 e. The average molecular weight is 442 g/mol. The van der Waals surface area contributed by atoms with Crippen LogP contribution in [0.15, 0.2) is 65.7 Å². The molecule has 2 aromatic carbocycles. The number of rotatable bonds is 5. The van der Waals surface area contributed by atoms with Crippen molar-refractivity contribution in [1.29, 1.82) is 0 Å². The van der Waals surface area contributed by atoms with Gasteiger partial charge in [0.05, 0.1) is 10.6 Å². The van der Waals surface area contributed by atoms with Crippen LogP contribution in [0.1, 0.15) is 53.5 Å². The van der Waals surface area contributed by atoms with Crippen LogP contribution in [0, 0.1) is 6.92 Å². The van der Waals surface area contributed by atoms with E-state index in [-0.39, 0.29) is 27.4 Å². The Kier molecular flexibility index (Phi) is 6.16. The van der Waals surface area contributed by atoms with E-state index in [4.69, 9.17) is 11.6 Å². The van der Waals surface area contributed by atoms with Crippen LogP contribution in [0.2, 0.25) is 5.02 Å². The van der Waals surface area contributed by atoms with Gasteiger partial charge in [-0.2, -0.15) is 0 Å². The summed E-state index contributed by atoms with van der Waals surface area (Å²) in [5.41, 5.74) is 2.83. The van der Waals surface area contributed by atoms with Gasteiger partial charge in [0.25, 0.3) is 0 Å². The van der Waals surface area contributed by atoms with E-state index in [9.17, 15) is 13.2 Å². The van der Waals surface area contributed by atoms with E-state index in [1.807, 2.05) is 19.1 Å². The summed E-state index contributed by atoms with van der Waals surface area (Å²) in [6, 6.07) is 15.0. The van der Waals surface area contributed by atoms with E-state index >= 15 is 0 Å². The summed E-state index contributed by atoms with van der Waals surface area (Å²) in [5, 5.41) is 0.370. The molecular weight excluding hydrogens is 418 g/mol. The molecule has 0 aliphatic heterocycles. The highest BCUT2D eigenvalue weighted by atomic mass is 35.5. The number of aromatic nitrogens is 1. The van der Waals surface area contributed by atoms with Gasteiger partial charge in [0.2, 0.25) is 0 Å². The summed E-state index contributed by atoms with van der Waals surface area (Å²) in [6.45, 7) is 8.04. The minimum absolute atomic E-state index is 0.0693. The lowest BCUT2D eigenvalue weighted by atomic mass is 9.87. The molecule has 0 radical (unpaired) electrons. The van der Waals surface area contributed by atoms with Crippen molar-refractivity contribution in [2.45, 2.75) is 43.8 Å². The molecule has 0 unspecified atom stereocenters. The molecule has 1 heterocycles. The van der Waals surface area contributed by atoms with Crippen molar-refractivity contribution in [3.63, 3.8) is 0 Å². The summed E-state index contributed by atoms with van der Waals surface area (Å²) in [5.74, 6) is -0.599. The first-order chi connectivity index (χ1) is 14.0. The Hall–Kier alpha value is -2.50. The Bertz CT molecular complexity index is 1180. The predicted octanol–water partition coefficient (Wildman–Crippen LogP) is 5.55. The standard InChI is InChI=1S/C24H24ClNO3S/c1-16-5-6-17(14-26-16)23(27)22-13-20(25)10-7-18(22)15-30(28,29)21-11-8-19(9-12-21)24(2,3)4/h5-14H,15H2,1-4H3. The molecular formula is C24H24ClNO3S. The zero-order valence-electron chi connectivity index (χ0n) is 17.4. The van der Waals surface area contributed by atoms with Gasteiger partial charge >= 0.3 is 0 Å². The summed E-state index contributed by atoms with van der Waals surface area (Å²) >= 11 is 6.10. The second-order valence-corrected chi connectivity index (χ2v) is 10.8. The zero-order chi connectivity index (χ0) is 22.1. The molecule has 0 saturated heterocycles. The molecule has 0 atom stereocenters. The third-order valence-electron chi connectivity index (χ3n) is 4.92. The molecule has 1 aromatic heterocycles. The van der Waals surface area contributed by atoms with E-state index in [1.54, 1.807) is 36.4 Å². The fourth-order valence-corrected chi connectivity index (χ4v) is 4.64. The average Bonchev–Trinajstić information content (AvgIpc) is 2.69. The fourth-order valence-electron chi connectivity index (χ4n) is 3.09. The second-order valence-electron chi connectivity index (χ2n) is 8.35. The Labute approximate surface area is 182 Å². The van der Waals surface area contributed by atoms with E-state index in [0.29, 0.717) is 16.1 Å². The van der Waals surface area contributed by atoms with E-state index in [2.05, 4.69) is 25.8 Å². The van der Waals surface area contributed by atoms with Crippen molar-refractivity contribution in [3.05, 3.63) is 93.8 Å². The van der Waals surface area contributed by atoms with Gasteiger partial charge in [0, 0.05) is 28.0 Å². The quantitative estimate of drug-likeness (QED) is 0.487. The molecule has 0 fully saturated rings. The summed E-state index contributed by atoms with van der Waals surface area (Å²) in [6.07, 6.45) is 1.49. The van der Waals surface area contributed by atoms with Gasteiger partial charge < -0.3 is 0 Å². The van der Waals surface area contributed by atoms with Crippen molar-refractivity contribution in [2.75, 3.05) is 0 Å². The Balaban J connectivity index is 1.96. The lowest BCUT2D eigenvalue weighted by molar-refractivity contribution is 0.103. The number of hydrogen-bond donors (Lipinski definition) is 0. The number of carbonyl (C=O) groups is 1. The number of pyridine rings is 1. The minimum Gasteiger partial charge on any atom is -0.289 e. The molecule has 0 amide bonds. The Morgan fingerprint density at radius 3 is 2.23 bits per heavy atom. The smallest absolute Gasteiger partial charge is 0.194 e. The number of nitrogens with zero attached hydrogens (tertiary/aromatic N) is 1. The molecule has 0 aliphatic carbocycles. The summed E-state index contributed by atoms with van der Waals surface area (Å²) < 4.78 is 26.1. The number of sulfone groups is 1. The number of hydrogen-bond acceptors (Lipinski definition) is 4.